The van der Waals surface area contributed by atoms with Gasteiger partial charge in [0.25, 0.3) is 5.91 Å². The van der Waals surface area contributed by atoms with E-state index in [0.717, 1.165) is 16.6 Å². The van der Waals surface area contributed by atoms with Crippen LogP contribution in [0.3, 0.4) is 0 Å². The van der Waals surface area contributed by atoms with E-state index in [1.54, 1.807) is 12.1 Å². The molecule has 8 heteroatoms. The van der Waals surface area contributed by atoms with E-state index in [2.05, 4.69) is 5.32 Å². The molecule has 148 valence electrons. The molecule has 0 heterocycles. The van der Waals surface area contributed by atoms with E-state index in [4.69, 9.17) is 4.74 Å². The third-order valence-electron chi connectivity index (χ3n) is 5.57. The lowest BCUT2D eigenvalue weighted by Gasteiger charge is -2.20. The van der Waals surface area contributed by atoms with Gasteiger partial charge in [-0.25, -0.2) is 12.7 Å². The van der Waals surface area contributed by atoms with Crippen molar-refractivity contribution in [3.8, 4) is 0 Å². The molecule has 2 fully saturated rings. The Morgan fingerprint density at radius 2 is 2.00 bits per heavy atom. The molecule has 0 unspecified atom stereocenters. The number of anilines is 1. The minimum Gasteiger partial charge on any atom is -0.456 e. The van der Waals surface area contributed by atoms with Gasteiger partial charge in [-0.3, -0.25) is 9.59 Å². The largest absolute Gasteiger partial charge is 0.456 e. The number of benzene rings is 1. The molecular formula is C19H26N2O5S. The lowest BCUT2D eigenvalue weighted by Crippen LogP contribution is -2.24. The summed E-state index contributed by atoms with van der Waals surface area (Å²) in [6.45, 7) is -0.371. The van der Waals surface area contributed by atoms with Crippen molar-refractivity contribution in [2.75, 3.05) is 26.0 Å². The summed E-state index contributed by atoms with van der Waals surface area (Å²) in [5.41, 5.74) is 0.340. The van der Waals surface area contributed by atoms with Crippen molar-refractivity contribution in [3.05, 3.63) is 24.3 Å². The first-order chi connectivity index (χ1) is 12.8. The number of nitrogens with zero attached hydrogens (tertiary/aromatic N) is 1. The van der Waals surface area contributed by atoms with Gasteiger partial charge in [0.1, 0.15) is 0 Å². The lowest BCUT2D eigenvalue weighted by atomic mass is 9.86. The number of amides is 1. The second-order valence-electron chi connectivity index (χ2n) is 7.66. The molecule has 3 rings (SSSR count). The number of fused-ring (bicyclic) bond motifs is 2. The molecule has 2 bridgehead atoms. The Hall–Kier alpha value is -1.93. The molecule has 1 aromatic carbocycles. The highest BCUT2D eigenvalue weighted by Crippen LogP contribution is 2.49. The molecule has 1 aromatic rings. The van der Waals surface area contributed by atoms with Crippen LogP contribution in [0.5, 0.6) is 0 Å². The van der Waals surface area contributed by atoms with Crippen LogP contribution in [0.15, 0.2) is 29.2 Å². The van der Waals surface area contributed by atoms with Crippen molar-refractivity contribution in [3.63, 3.8) is 0 Å². The smallest absolute Gasteiger partial charge is 0.306 e. The summed E-state index contributed by atoms with van der Waals surface area (Å²) in [4.78, 5) is 24.1. The second-order valence-corrected chi connectivity index (χ2v) is 9.82. The number of sulfonamides is 1. The maximum atomic E-state index is 12.1. The summed E-state index contributed by atoms with van der Waals surface area (Å²) in [5.74, 6) is 0.967. The number of ether oxygens (including phenoxy) is 1. The minimum absolute atomic E-state index is 0.0820. The maximum Gasteiger partial charge on any atom is 0.306 e. The molecule has 0 saturated heterocycles. The van der Waals surface area contributed by atoms with Gasteiger partial charge >= 0.3 is 5.97 Å². The summed E-state index contributed by atoms with van der Waals surface area (Å²) in [6.07, 6.45) is 5.19. The van der Waals surface area contributed by atoms with Crippen molar-refractivity contribution in [1.29, 1.82) is 0 Å². The lowest BCUT2D eigenvalue weighted by molar-refractivity contribution is -0.148. The molecule has 2 aliphatic carbocycles. The number of rotatable bonds is 7. The van der Waals surface area contributed by atoms with E-state index in [-0.39, 0.29) is 17.5 Å². The predicted octanol–water partition coefficient (Wildman–Crippen LogP) is 2.24. The third kappa shape index (κ3) is 4.68. The molecule has 27 heavy (non-hydrogen) atoms. The van der Waals surface area contributed by atoms with E-state index in [0.29, 0.717) is 23.9 Å². The van der Waals surface area contributed by atoms with Crippen LogP contribution in [0.4, 0.5) is 5.69 Å². The van der Waals surface area contributed by atoms with Crippen LogP contribution in [0.2, 0.25) is 0 Å². The van der Waals surface area contributed by atoms with Gasteiger partial charge in [-0.05, 0) is 55.2 Å². The van der Waals surface area contributed by atoms with Crippen molar-refractivity contribution in [1.82, 2.24) is 4.31 Å². The SMILES string of the molecule is CN(C)S(=O)(=O)c1cccc(NC(=O)COC(=O)C[C@@H]2C[C@H]3CC[C@@H]2C3)c1. The van der Waals surface area contributed by atoms with Crippen LogP contribution < -0.4 is 5.32 Å². The summed E-state index contributed by atoms with van der Waals surface area (Å²) in [6, 6.07) is 5.97. The zero-order chi connectivity index (χ0) is 19.6. The predicted molar refractivity (Wildman–Crippen MR) is 100 cm³/mol. The van der Waals surface area contributed by atoms with E-state index in [1.807, 2.05) is 0 Å². The molecule has 7 nitrogen and oxygen atoms in total. The van der Waals surface area contributed by atoms with Crippen LogP contribution in [0.25, 0.3) is 0 Å². The van der Waals surface area contributed by atoms with Crippen LogP contribution in [0.1, 0.15) is 32.1 Å². The fraction of sp³-hybridized carbons (Fsp3) is 0.579. The van der Waals surface area contributed by atoms with Gasteiger partial charge < -0.3 is 10.1 Å². The van der Waals surface area contributed by atoms with Crippen molar-refractivity contribution in [2.45, 2.75) is 37.0 Å². The third-order valence-corrected chi connectivity index (χ3v) is 7.39. The topological polar surface area (TPSA) is 92.8 Å². The first kappa shape index (κ1) is 19.8. The fourth-order valence-corrected chi connectivity index (χ4v) is 5.14. The molecular weight excluding hydrogens is 368 g/mol. The zero-order valence-electron chi connectivity index (χ0n) is 15.7. The summed E-state index contributed by atoms with van der Waals surface area (Å²) in [5, 5.41) is 2.57. The Labute approximate surface area is 160 Å². The molecule has 0 aromatic heterocycles. The molecule has 3 atom stereocenters. The van der Waals surface area contributed by atoms with Crippen molar-refractivity contribution >= 4 is 27.6 Å². The van der Waals surface area contributed by atoms with Gasteiger partial charge in [0.2, 0.25) is 10.0 Å². The molecule has 1 amide bonds. The molecule has 2 saturated carbocycles. The van der Waals surface area contributed by atoms with E-state index < -0.39 is 15.9 Å². The van der Waals surface area contributed by atoms with E-state index in [9.17, 15) is 18.0 Å². The zero-order valence-corrected chi connectivity index (χ0v) is 16.5. The van der Waals surface area contributed by atoms with Gasteiger partial charge in [0.15, 0.2) is 6.61 Å². The maximum absolute atomic E-state index is 12.1. The number of carbonyl (C=O) groups is 2. The summed E-state index contributed by atoms with van der Waals surface area (Å²) >= 11 is 0. The average molecular weight is 394 g/mol. The summed E-state index contributed by atoms with van der Waals surface area (Å²) in [7, 11) is -0.701. The number of hydrogen-bond donors (Lipinski definition) is 1. The Kier molecular flexibility index (Phi) is 5.86. The average Bonchev–Trinajstić information content (AvgIpc) is 3.23. The molecule has 0 spiro atoms. The molecule has 0 aliphatic heterocycles. The molecule has 1 N–H and O–H groups in total. The first-order valence-corrected chi connectivity index (χ1v) is 10.7. The number of esters is 1. The van der Waals surface area contributed by atoms with Crippen LogP contribution in [0, 0.1) is 17.8 Å². The Morgan fingerprint density at radius 3 is 2.63 bits per heavy atom. The Balaban J connectivity index is 1.49. The fourth-order valence-electron chi connectivity index (χ4n) is 4.19. The second kappa shape index (κ2) is 7.98. The molecule has 2 aliphatic rings. The quantitative estimate of drug-likeness (QED) is 0.716. The van der Waals surface area contributed by atoms with Gasteiger partial charge in [0, 0.05) is 26.2 Å². The van der Waals surface area contributed by atoms with Crippen molar-refractivity contribution < 1.29 is 22.7 Å². The normalized spacial score (nSPS) is 24.2. The minimum atomic E-state index is -3.58. The van der Waals surface area contributed by atoms with Gasteiger partial charge in [0.05, 0.1) is 4.90 Å². The van der Waals surface area contributed by atoms with Gasteiger partial charge in [-0.1, -0.05) is 12.5 Å². The van der Waals surface area contributed by atoms with Crippen LogP contribution in [-0.2, 0) is 24.3 Å². The highest BCUT2D eigenvalue weighted by atomic mass is 32.2. The standard InChI is InChI=1S/C19H26N2O5S/c1-21(2)27(24,25)17-5-3-4-16(11-17)20-18(22)12-26-19(23)10-15-9-13-6-7-14(15)8-13/h3-5,11,13-15H,6-10,12H2,1-2H3,(H,20,22)/t13-,14+,15-/m0/s1. The van der Waals surface area contributed by atoms with Gasteiger partial charge in [-0.2, -0.15) is 0 Å². The first-order valence-electron chi connectivity index (χ1n) is 9.24. The number of nitrogens with one attached hydrogen (secondary N) is 1. The number of carbonyl (C=O) groups excluding carboxylic acids is 2. The monoisotopic (exact) mass is 394 g/mol. The highest BCUT2D eigenvalue weighted by Gasteiger charge is 2.40. The van der Waals surface area contributed by atoms with Gasteiger partial charge in [-0.15, -0.1) is 0 Å². The van der Waals surface area contributed by atoms with Crippen molar-refractivity contribution in [2.24, 2.45) is 17.8 Å². The van der Waals surface area contributed by atoms with E-state index in [1.165, 1.54) is 45.5 Å². The highest BCUT2D eigenvalue weighted by molar-refractivity contribution is 7.89. The van der Waals surface area contributed by atoms with Crippen LogP contribution >= 0.6 is 0 Å². The number of hydrogen-bond acceptors (Lipinski definition) is 5. The van der Waals surface area contributed by atoms with Crippen LogP contribution in [-0.4, -0.2) is 45.3 Å². The summed E-state index contributed by atoms with van der Waals surface area (Å²) < 4.78 is 30.5. The Morgan fingerprint density at radius 1 is 1.22 bits per heavy atom. The van der Waals surface area contributed by atoms with E-state index >= 15 is 0 Å². The Bertz CT molecular complexity index is 821. The molecule has 0 radical (unpaired) electrons.